The molecule has 1 aromatic rings. The van der Waals surface area contributed by atoms with E-state index in [1.54, 1.807) is 0 Å². The second kappa shape index (κ2) is 10.8. The smallest absolute Gasteiger partial charge is 0.243 e. The normalized spacial score (nSPS) is 18.5. The molecular formula is C20H33N3O6S2. The summed E-state index contributed by atoms with van der Waals surface area (Å²) in [5.74, 6) is -0.206. The maximum atomic E-state index is 13.5. The van der Waals surface area contributed by atoms with Gasteiger partial charge in [-0.05, 0) is 50.7 Å². The standard InChI is InChI=1S/C20H33N3O6S2/c1-5-22(6-2)11-7-12-23(17-10-13-30(25,26)15-17)31(27,28)18-8-9-20(29-4)19(14-18)21-16(3)24/h8-9,14,17H,5-7,10-13,15H2,1-4H3,(H,21,24)/t17-/m1/s1. The number of carbonyl (C=O) groups is 1. The summed E-state index contributed by atoms with van der Waals surface area (Å²) in [6.07, 6.45) is 0.869. The molecule has 1 amide bonds. The van der Waals surface area contributed by atoms with E-state index in [9.17, 15) is 21.6 Å². The fraction of sp³-hybridized carbons (Fsp3) is 0.650. The van der Waals surface area contributed by atoms with E-state index in [2.05, 4.69) is 10.2 Å². The number of rotatable bonds is 11. The Morgan fingerprint density at radius 1 is 1.23 bits per heavy atom. The fourth-order valence-corrected chi connectivity index (χ4v) is 7.31. The maximum Gasteiger partial charge on any atom is 0.243 e. The molecule has 0 aliphatic carbocycles. The zero-order valence-electron chi connectivity index (χ0n) is 18.6. The van der Waals surface area contributed by atoms with E-state index in [0.717, 1.165) is 19.6 Å². The monoisotopic (exact) mass is 475 g/mol. The van der Waals surface area contributed by atoms with Crippen LogP contribution < -0.4 is 10.1 Å². The zero-order chi connectivity index (χ0) is 23.2. The number of amides is 1. The van der Waals surface area contributed by atoms with Crippen LogP contribution in [-0.4, -0.2) is 82.8 Å². The Labute approximate surface area is 185 Å². The summed E-state index contributed by atoms with van der Waals surface area (Å²) in [7, 11) is -5.82. The van der Waals surface area contributed by atoms with Gasteiger partial charge in [0, 0.05) is 19.5 Å². The Hall–Kier alpha value is -1.69. The number of ether oxygens (including phenoxy) is 1. The van der Waals surface area contributed by atoms with Gasteiger partial charge >= 0.3 is 0 Å². The second-order valence-corrected chi connectivity index (χ2v) is 11.7. The third-order valence-corrected chi connectivity index (χ3v) is 9.15. The van der Waals surface area contributed by atoms with Gasteiger partial charge in [-0.1, -0.05) is 13.8 Å². The predicted octanol–water partition coefficient (Wildman–Crippen LogP) is 1.56. The molecule has 1 aliphatic heterocycles. The number of carbonyl (C=O) groups excluding carboxylic acids is 1. The minimum Gasteiger partial charge on any atom is -0.495 e. The van der Waals surface area contributed by atoms with Crippen molar-refractivity contribution in [3.05, 3.63) is 18.2 Å². The number of methoxy groups -OCH3 is 1. The van der Waals surface area contributed by atoms with Crippen LogP contribution in [0.25, 0.3) is 0 Å². The first-order valence-corrected chi connectivity index (χ1v) is 13.7. The van der Waals surface area contributed by atoms with Gasteiger partial charge in [0.05, 0.1) is 29.2 Å². The van der Waals surface area contributed by atoms with Gasteiger partial charge in [-0.15, -0.1) is 0 Å². The summed E-state index contributed by atoms with van der Waals surface area (Å²) in [5, 5.41) is 2.58. The lowest BCUT2D eigenvalue weighted by Crippen LogP contribution is -2.42. The highest BCUT2D eigenvalue weighted by atomic mass is 32.2. The molecule has 11 heteroatoms. The Morgan fingerprint density at radius 3 is 2.42 bits per heavy atom. The van der Waals surface area contributed by atoms with Crippen molar-refractivity contribution < 1.29 is 26.4 Å². The molecule has 9 nitrogen and oxygen atoms in total. The van der Waals surface area contributed by atoms with Crippen LogP contribution in [0.2, 0.25) is 0 Å². The SMILES string of the molecule is CCN(CC)CCCN([C@@H]1CCS(=O)(=O)C1)S(=O)(=O)c1ccc(OC)c(NC(C)=O)c1. The molecule has 1 saturated heterocycles. The van der Waals surface area contributed by atoms with E-state index in [0.29, 0.717) is 12.2 Å². The third-order valence-electron chi connectivity index (χ3n) is 5.45. The van der Waals surface area contributed by atoms with Crippen LogP contribution in [0.15, 0.2) is 23.1 Å². The number of sulfonamides is 1. The average molecular weight is 476 g/mol. The molecule has 0 aromatic heterocycles. The molecule has 1 atom stereocenters. The maximum absolute atomic E-state index is 13.5. The van der Waals surface area contributed by atoms with Gasteiger partial charge in [-0.3, -0.25) is 4.79 Å². The molecule has 2 rings (SSSR count). The molecule has 0 saturated carbocycles. The van der Waals surface area contributed by atoms with Crippen molar-refractivity contribution in [1.29, 1.82) is 0 Å². The van der Waals surface area contributed by atoms with Gasteiger partial charge in [-0.2, -0.15) is 4.31 Å². The van der Waals surface area contributed by atoms with Gasteiger partial charge in [0.25, 0.3) is 0 Å². The highest BCUT2D eigenvalue weighted by Gasteiger charge is 2.38. The van der Waals surface area contributed by atoms with Gasteiger partial charge < -0.3 is 15.0 Å². The van der Waals surface area contributed by atoms with Crippen molar-refractivity contribution in [2.75, 3.05) is 50.1 Å². The predicted molar refractivity (Wildman–Crippen MR) is 121 cm³/mol. The van der Waals surface area contributed by atoms with Crippen LogP contribution in [0.5, 0.6) is 5.75 Å². The molecule has 0 radical (unpaired) electrons. The highest BCUT2D eigenvalue weighted by Crippen LogP contribution is 2.31. The number of hydrogen-bond acceptors (Lipinski definition) is 7. The summed E-state index contributed by atoms with van der Waals surface area (Å²) in [5.41, 5.74) is 0.248. The number of sulfone groups is 1. The molecular weight excluding hydrogens is 442 g/mol. The van der Waals surface area contributed by atoms with Crippen molar-refractivity contribution in [2.24, 2.45) is 0 Å². The number of benzene rings is 1. The van der Waals surface area contributed by atoms with E-state index < -0.39 is 25.9 Å². The summed E-state index contributed by atoms with van der Waals surface area (Å²) < 4.78 is 57.7. The Bertz CT molecular complexity index is 975. The van der Waals surface area contributed by atoms with Gasteiger partial charge in [-0.25, -0.2) is 16.8 Å². The number of anilines is 1. The van der Waals surface area contributed by atoms with Gasteiger partial charge in [0.15, 0.2) is 9.84 Å². The molecule has 1 aliphatic rings. The highest BCUT2D eigenvalue weighted by molar-refractivity contribution is 7.92. The lowest BCUT2D eigenvalue weighted by molar-refractivity contribution is -0.114. The summed E-state index contributed by atoms with van der Waals surface area (Å²) in [4.78, 5) is 13.7. The van der Waals surface area contributed by atoms with Crippen molar-refractivity contribution in [2.45, 2.75) is 44.6 Å². The summed E-state index contributed by atoms with van der Waals surface area (Å²) in [6.45, 7) is 8.08. The van der Waals surface area contributed by atoms with E-state index in [4.69, 9.17) is 4.74 Å². The van der Waals surface area contributed by atoms with Crippen molar-refractivity contribution in [1.82, 2.24) is 9.21 Å². The first-order valence-electron chi connectivity index (χ1n) is 10.4. The Kier molecular flexibility index (Phi) is 8.87. The third kappa shape index (κ3) is 6.64. The zero-order valence-corrected chi connectivity index (χ0v) is 20.3. The van der Waals surface area contributed by atoms with Crippen molar-refractivity contribution in [3.8, 4) is 5.75 Å². The summed E-state index contributed by atoms with van der Waals surface area (Å²) >= 11 is 0. The van der Waals surface area contributed by atoms with Gasteiger partial charge in [0.1, 0.15) is 5.75 Å². The van der Waals surface area contributed by atoms with Crippen LogP contribution in [0.1, 0.15) is 33.6 Å². The average Bonchev–Trinajstić information content (AvgIpc) is 3.06. The van der Waals surface area contributed by atoms with E-state index in [-0.39, 0.29) is 41.0 Å². The Morgan fingerprint density at radius 2 is 1.90 bits per heavy atom. The molecule has 1 N–H and O–H groups in total. The van der Waals surface area contributed by atoms with Gasteiger partial charge in [0.2, 0.25) is 15.9 Å². The fourth-order valence-electron chi connectivity index (χ4n) is 3.76. The number of nitrogens with zero attached hydrogens (tertiary/aromatic N) is 2. The molecule has 31 heavy (non-hydrogen) atoms. The molecule has 1 heterocycles. The number of nitrogens with one attached hydrogen (secondary N) is 1. The topological polar surface area (TPSA) is 113 Å². The van der Waals surface area contributed by atoms with Crippen LogP contribution in [0.3, 0.4) is 0 Å². The van der Waals surface area contributed by atoms with Crippen LogP contribution in [0, 0.1) is 0 Å². The largest absolute Gasteiger partial charge is 0.495 e. The lowest BCUT2D eigenvalue weighted by atomic mass is 10.2. The molecule has 0 unspecified atom stereocenters. The van der Waals surface area contributed by atoms with E-state index in [1.165, 1.54) is 36.5 Å². The van der Waals surface area contributed by atoms with Crippen molar-refractivity contribution in [3.63, 3.8) is 0 Å². The van der Waals surface area contributed by atoms with E-state index in [1.807, 2.05) is 13.8 Å². The van der Waals surface area contributed by atoms with E-state index >= 15 is 0 Å². The molecule has 1 fully saturated rings. The minimum absolute atomic E-state index is 0.0100. The Balaban J connectivity index is 2.37. The second-order valence-electron chi connectivity index (χ2n) is 7.60. The van der Waals surface area contributed by atoms with Crippen molar-refractivity contribution >= 4 is 31.5 Å². The van der Waals surface area contributed by atoms with Crippen LogP contribution in [0.4, 0.5) is 5.69 Å². The quantitative estimate of drug-likeness (QED) is 0.517. The summed E-state index contributed by atoms with van der Waals surface area (Å²) in [6, 6.07) is 3.66. The molecule has 176 valence electrons. The first kappa shape index (κ1) is 25.6. The molecule has 0 bridgehead atoms. The molecule has 1 aromatic carbocycles. The van der Waals surface area contributed by atoms with Crippen LogP contribution >= 0.6 is 0 Å². The minimum atomic E-state index is -3.99. The number of hydrogen-bond donors (Lipinski definition) is 1. The molecule has 0 spiro atoms. The first-order chi connectivity index (χ1) is 14.5. The van der Waals surface area contributed by atoms with Crippen LogP contribution in [-0.2, 0) is 24.7 Å². The lowest BCUT2D eigenvalue weighted by Gasteiger charge is -2.29.